The van der Waals surface area contributed by atoms with Crippen LogP contribution in [-0.4, -0.2) is 25.2 Å². The summed E-state index contributed by atoms with van der Waals surface area (Å²) in [6, 6.07) is 4.01. The van der Waals surface area contributed by atoms with Gasteiger partial charge in [-0.25, -0.2) is 4.39 Å². The van der Waals surface area contributed by atoms with Gasteiger partial charge < -0.3 is 15.8 Å². The van der Waals surface area contributed by atoms with Gasteiger partial charge in [-0.05, 0) is 31.5 Å². The van der Waals surface area contributed by atoms with Crippen molar-refractivity contribution < 1.29 is 13.9 Å². The Morgan fingerprint density at radius 2 is 2.39 bits per heavy atom. The molecule has 5 heteroatoms. The van der Waals surface area contributed by atoms with Gasteiger partial charge in [-0.15, -0.1) is 0 Å². The van der Waals surface area contributed by atoms with Crippen LogP contribution in [-0.2, 0) is 4.74 Å². The third-order valence-electron chi connectivity index (χ3n) is 3.29. The summed E-state index contributed by atoms with van der Waals surface area (Å²) in [5.41, 5.74) is 5.80. The fourth-order valence-electron chi connectivity index (χ4n) is 2.04. The average Bonchev–Trinajstić information content (AvgIpc) is 2.86. The van der Waals surface area contributed by atoms with E-state index in [0.717, 1.165) is 13.0 Å². The van der Waals surface area contributed by atoms with Crippen molar-refractivity contribution in [1.29, 1.82) is 0 Å². The topological polar surface area (TPSA) is 64.4 Å². The predicted octanol–water partition coefficient (Wildman–Crippen LogP) is 1.56. The largest absolute Gasteiger partial charge is 0.396 e. The van der Waals surface area contributed by atoms with Crippen LogP contribution < -0.4 is 11.1 Å². The van der Waals surface area contributed by atoms with Gasteiger partial charge in [-0.3, -0.25) is 4.79 Å². The summed E-state index contributed by atoms with van der Waals surface area (Å²) >= 11 is 0. The number of nitrogens with one attached hydrogen (secondary N) is 1. The van der Waals surface area contributed by atoms with Crippen LogP contribution in [0.15, 0.2) is 18.2 Å². The first-order valence-electron chi connectivity index (χ1n) is 6.01. The standard InChI is InChI=1S/C13H17FN2O2/c1-8(10-4-5-18-7-10)16-13(17)9-2-3-11(14)12(15)6-9/h2-3,6,8,10H,4-5,7,15H2,1H3,(H,16,17). The van der Waals surface area contributed by atoms with E-state index in [0.29, 0.717) is 18.1 Å². The number of carbonyl (C=O) groups excluding carboxylic acids is 1. The molecule has 3 N–H and O–H groups in total. The lowest BCUT2D eigenvalue weighted by atomic mass is 10.0. The number of nitrogens with two attached hydrogens (primary N) is 1. The highest BCUT2D eigenvalue weighted by Gasteiger charge is 2.23. The Balaban J connectivity index is 2.00. The van der Waals surface area contributed by atoms with Gasteiger partial charge in [0, 0.05) is 24.1 Å². The second-order valence-corrected chi connectivity index (χ2v) is 4.62. The van der Waals surface area contributed by atoms with E-state index in [9.17, 15) is 9.18 Å². The Kier molecular flexibility index (Phi) is 3.81. The normalized spacial score (nSPS) is 20.7. The molecule has 0 aliphatic carbocycles. The van der Waals surface area contributed by atoms with Crippen molar-refractivity contribution in [2.75, 3.05) is 18.9 Å². The van der Waals surface area contributed by atoms with Gasteiger partial charge in [0.25, 0.3) is 5.91 Å². The molecule has 4 nitrogen and oxygen atoms in total. The monoisotopic (exact) mass is 252 g/mol. The molecule has 0 spiro atoms. The third-order valence-corrected chi connectivity index (χ3v) is 3.29. The first-order chi connectivity index (χ1) is 8.58. The van der Waals surface area contributed by atoms with Gasteiger partial charge in [-0.1, -0.05) is 0 Å². The molecule has 1 fully saturated rings. The van der Waals surface area contributed by atoms with E-state index in [-0.39, 0.29) is 17.6 Å². The average molecular weight is 252 g/mol. The number of ether oxygens (including phenoxy) is 1. The van der Waals surface area contributed by atoms with E-state index in [1.807, 2.05) is 6.92 Å². The number of hydrogen-bond donors (Lipinski definition) is 2. The van der Waals surface area contributed by atoms with Crippen LogP contribution in [0, 0.1) is 11.7 Å². The molecule has 2 atom stereocenters. The highest BCUT2D eigenvalue weighted by molar-refractivity contribution is 5.95. The zero-order chi connectivity index (χ0) is 13.1. The number of halogens is 1. The molecule has 2 rings (SSSR count). The van der Waals surface area contributed by atoms with Crippen LogP contribution >= 0.6 is 0 Å². The lowest BCUT2D eigenvalue weighted by Crippen LogP contribution is -2.38. The van der Waals surface area contributed by atoms with Crippen molar-refractivity contribution >= 4 is 11.6 Å². The molecule has 1 aliphatic rings. The molecule has 0 bridgehead atoms. The zero-order valence-corrected chi connectivity index (χ0v) is 10.3. The van der Waals surface area contributed by atoms with Gasteiger partial charge in [0.15, 0.2) is 0 Å². The molecule has 2 unspecified atom stereocenters. The summed E-state index contributed by atoms with van der Waals surface area (Å²) in [7, 11) is 0. The van der Waals surface area contributed by atoms with Gasteiger partial charge in [-0.2, -0.15) is 0 Å². The molecule has 18 heavy (non-hydrogen) atoms. The number of rotatable bonds is 3. The Morgan fingerprint density at radius 3 is 3.00 bits per heavy atom. The maximum absolute atomic E-state index is 13.0. The van der Waals surface area contributed by atoms with Gasteiger partial charge in [0.05, 0.1) is 12.3 Å². The van der Waals surface area contributed by atoms with E-state index < -0.39 is 5.82 Å². The summed E-state index contributed by atoms with van der Waals surface area (Å²) in [4.78, 5) is 11.9. The van der Waals surface area contributed by atoms with Crippen molar-refractivity contribution in [3.05, 3.63) is 29.6 Å². The molecular weight excluding hydrogens is 235 g/mol. The minimum Gasteiger partial charge on any atom is -0.396 e. The van der Waals surface area contributed by atoms with E-state index in [2.05, 4.69) is 5.32 Å². The predicted molar refractivity (Wildman–Crippen MR) is 66.7 cm³/mol. The van der Waals surface area contributed by atoms with Crippen LogP contribution in [0.4, 0.5) is 10.1 Å². The van der Waals surface area contributed by atoms with Crippen molar-refractivity contribution in [3.63, 3.8) is 0 Å². The number of nitrogen functional groups attached to an aromatic ring is 1. The third kappa shape index (κ3) is 2.79. The molecule has 0 aromatic heterocycles. The summed E-state index contributed by atoms with van der Waals surface area (Å²) in [6.07, 6.45) is 0.951. The molecule has 98 valence electrons. The molecular formula is C13H17FN2O2. The van der Waals surface area contributed by atoms with Gasteiger partial charge in [0.1, 0.15) is 5.82 Å². The first kappa shape index (κ1) is 12.8. The van der Waals surface area contributed by atoms with E-state index in [1.54, 1.807) is 0 Å². The minimum atomic E-state index is -0.510. The summed E-state index contributed by atoms with van der Waals surface area (Å²) in [5, 5.41) is 2.89. The van der Waals surface area contributed by atoms with Crippen molar-refractivity contribution in [3.8, 4) is 0 Å². The van der Waals surface area contributed by atoms with Crippen LogP contribution in [0.5, 0.6) is 0 Å². The number of amides is 1. The number of anilines is 1. The molecule has 1 saturated heterocycles. The van der Waals surface area contributed by atoms with Crippen LogP contribution in [0.2, 0.25) is 0 Å². The van der Waals surface area contributed by atoms with Crippen LogP contribution in [0.1, 0.15) is 23.7 Å². The SMILES string of the molecule is CC(NC(=O)c1ccc(F)c(N)c1)C1CCOC1. The van der Waals surface area contributed by atoms with Crippen LogP contribution in [0.3, 0.4) is 0 Å². The Morgan fingerprint density at radius 1 is 1.61 bits per heavy atom. The molecule has 1 heterocycles. The first-order valence-corrected chi connectivity index (χ1v) is 6.01. The van der Waals surface area contributed by atoms with Crippen LogP contribution in [0.25, 0.3) is 0 Å². The Labute approximate surface area is 105 Å². The summed E-state index contributed by atoms with van der Waals surface area (Å²) < 4.78 is 18.3. The van der Waals surface area contributed by atoms with Crippen molar-refractivity contribution in [1.82, 2.24) is 5.32 Å². The number of benzene rings is 1. The van der Waals surface area contributed by atoms with E-state index >= 15 is 0 Å². The maximum Gasteiger partial charge on any atom is 0.251 e. The van der Waals surface area contributed by atoms with Crippen molar-refractivity contribution in [2.24, 2.45) is 5.92 Å². The second kappa shape index (κ2) is 5.35. The highest BCUT2D eigenvalue weighted by atomic mass is 19.1. The number of hydrogen-bond acceptors (Lipinski definition) is 3. The summed E-state index contributed by atoms with van der Waals surface area (Å²) in [6.45, 7) is 3.37. The quantitative estimate of drug-likeness (QED) is 0.802. The number of carbonyl (C=O) groups is 1. The van der Waals surface area contributed by atoms with Crippen molar-refractivity contribution in [2.45, 2.75) is 19.4 Å². The lowest BCUT2D eigenvalue weighted by Gasteiger charge is -2.19. The van der Waals surface area contributed by atoms with Gasteiger partial charge >= 0.3 is 0 Å². The Bertz CT molecular complexity index is 445. The summed E-state index contributed by atoms with van der Waals surface area (Å²) in [5.74, 6) is -0.406. The molecule has 1 amide bonds. The van der Waals surface area contributed by atoms with E-state index in [4.69, 9.17) is 10.5 Å². The molecule has 0 radical (unpaired) electrons. The molecule has 1 aromatic carbocycles. The maximum atomic E-state index is 13.0. The lowest BCUT2D eigenvalue weighted by molar-refractivity contribution is 0.0922. The second-order valence-electron chi connectivity index (χ2n) is 4.62. The molecule has 1 aliphatic heterocycles. The zero-order valence-electron chi connectivity index (χ0n) is 10.3. The fourth-order valence-corrected chi connectivity index (χ4v) is 2.04. The minimum absolute atomic E-state index is 0.0143. The molecule has 0 saturated carbocycles. The molecule has 1 aromatic rings. The fraction of sp³-hybridized carbons (Fsp3) is 0.462. The highest BCUT2D eigenvalue weighted by Crippen LogP contribution is 2.17. The van der Waals surface area contributed by atoms with Gasteiger partial charge in [0.2, 0.25) is 0 Å². The smallest absolute Gasteiger partial charge is 0.251 e. The Hall–Kier alpha value is -1.62. The van der Waals surface area contributed by atoms with E-state index in [1.165, 1.54) is 18.2 Å².